The fraction of sp³-hybridized carbons (Fsp3) is 0.333. The summed E-state index contributed by atoms with van der Waals surface area (Å²) in [7, 11) is 1.17. The molecule has 0 saturated heterocycles. The summed E-state index contributed by atoms with van der Waals surface area (Å²) in [6.45, 7) is 1.75. The summed E-state index contributed by atoms with van der Waals surface area (Å²) in [5, 5.41) is 11.7. The second-order valence-corrected chi connectivity index (χ2v) is 3.62. The van der Waals surface area contributed by atoms with Crippen molar-refractivity contribution in [3.63, 3.8) is 0 Å². The molecule has 2 N–H and O–H groups in total. The highest BCUT2D eigenvalue weighted by Crippen LogP contribution is 2.02. The van der Waals surface area contributed by atoms with Crippen LogP contribution in [-0.4, -0.2) is 36.7 Å². The van der Waals surface area contributed by atoms with Gasteiger partial charge in [0.1, 0.15) is 0 Å². The van der Waals surface area contributed by atoms with Gasteiger partial charge in [-0.25, -0.2) is 4.79 Å². The Morgan fingerprint density at radius 2 is 1.94 bits per heavy atom. The molecule has 0 heterocycles. The van der Waals surface area contributed by atoms with E-state index in [2.05, 4.69) is 10.1 Å². The third kappa shape index (κ3) is 3.88. The molecule has 17 heavy (non-hydrogen) atoms. The SMILES string of the molecule is COC(=O)C(O)CNC(=O)c1ccc(C)cc1. The van der Waals surface area contributed by atoms with Gasteiger partial charge in [-0.2, -0.15) is 0 Å². The number of rotatable bonds is 4. The molecule has 0 radical (unpaired) electrons. The molecule has 92 valence electrons. The maximum absolute atomic E-state index is 11.6. The number of methoxy groups -OCH3 is 1. The molecule has 1 aromatic rings. The van der Waals surface area contributed by atoms with Crippen LogP contribution >= 0.6 is 0 Å². The van der Waals surface area contributed by atoms with Crippen LogP contribution in [0.1, 0.15) is 15.9 Å². The number of aliphatic hydroxyl groups is 1. The molecule has 0 fully saturated rings. The van der Waals surface area contributed by atoms with Crippen LogP contribution in [0.2, 0.25) is 0 Å². The summed E-state index contributed by atoms with van der Waals surface area (Å²) < 4.78 is 4.33. The topological polar surface area (TPSA) is 75.6 Å². The molecule has 1 rings (SSSR count). The van der Waals surface area contributed by atoms with Crippen molar-refractivity contribution in [2.75, 3.05) is 13.7 Å². The van der Waals surface area contributed by atoms with E-state index in [0.717, 1.165) is 5.56 Å². The van der Waals surface area contributed by atoms with Gasteiger partial charge >= 0.3 is 5.97 Å². The summed E-state index contributed by atoms with van der Waals surface area (Å²) in [4.78, 5) is 22.5. The second-order valence-electron chi connectivity index (χ2n) is 3.62. The van der Waals surface area contributed by atoms with Crippen molar-refractivity contribution in [2.45, 2.75) is 13.0 Å². The van der Waals surface area contributed by atoms with E-state index in [-0.39, 0.29) is 12.5 Å². The molecule has 1 unspecified atom stereocenters. The summed E-state index contributed by atoms with van der Waals surface area (Å²) in [5.74, 6) is -1.11. The van der Waals surface area contributed by atoms with E-state index in [1.54, 1.807) is 12.1 Å². The zero-order valence-electron chi connectivity index (χ0n) is 9.77. The first-order valence-electron chi connectivity index (χ1n) is 5.15. The lowest BCUT2D eigenvalue weighted by Gasteiger charge is -2.09. The Bertz CT molecular complexity index is 399. The Labute approximate surface area is 99.4 Å². The van der Waals surface area contributed by atoms with Gasteiger partial charge < -0.3 is 15.2 Å². The van der Waals surface area contributed by atoms with Crippen molar-refractivity contribution >= 4 is 11.9 Å². The fourth-order valence-electron chi connectivity index (χ4n) is 1.22. The first kappa shape index (κ1) is 13.2. The summed E-state index contributed by atoms with van der Waals surface area (Å²) in [6.07, 6.45) is -1.34. The minimum atomic E-state index is -1.34. The van der Waals surface area contributed by atoms with Gasteiger partial charge in [0.25, 0.3) is 5.91 Å². The number of esters is 1. The number of nitrogens with one attached hydrogen (secondary N) is 1. The average molecular weight is 237 g/mol. The van der Waals surface area contributed by atoms with Crippen LogP contribution in [0.15, 0.2) is 24.3 Å². The molecule has 0 spiro atoms. The standard InChI is InChI=1S/C12H15NO4/c1-8-3-5-9(6-4-8)11(15)13-7-10(14)12(16)17-2/h3-6,10,14H,7H2,1-2H3,(H,13,15). The number of carbonyl (C=O) groups excluding carboxylic acids is 2. The molecule has 0 saturated carbocycles. The van der Waals surface area contributed by atoms with Gasteiger partial charge in [-0.3, -0.25) is 4.79 Å². The number of carbonyl (C=O) groups is 2. The van der Waals surface area contributed by atoms with E-state index in [0.29, 0.717) is 5.56 Å². The van der Waals surface area contributed by atoms with Gasteiger partial charge in [0.2, 0.25) is 0 Å². The van der Waals surface area contributed by atoms with Crippen molar-refractivity contribution in [1.82, 2.24) is 5.32 Å². The lowest BCUT2D eigenvalue weighted by Crippen LogP contribution is -2.37. The number of benzene rings is 1. The van der Waals surface area contributed by atoms with E-state index in [4.69, 9.17) is 0 Å². The van der Waals surface area contributed by atoms with Crippen LogP contribution in [0.4, 0.5) is 0 Å². The lowest BCUT2D eigenvalue weighted by atomic mass is 10.1. The molecule has 1 amide bonds. The molecular formula is C12H15NO4. The highest BCUT2D eigenvalue weighted by atomic mass is 16.5. The van der Waals surface area contributed by atoms with Gasteiger partial charge in [-0.05, 0) is 19.1 Å². The molecule has 0 bridgehead atoms. The highest BCUT2D eigenvalue weighted by Gasteiger charge is 2.16. The maximum Gasteiger partial charge on any atom is 0.336 e. The molecular weight excluding hydrogens is 222 g/mol. The summed E-state index contributed by atoms with van der Waals surface area (Å²) in [5.41, 5.74) is 1.53. The van der Waals surface area contributed by atoms with Crippen molar-refractivity contribution in [3.8, 4) is 0 Å². The Morgan fingerprint density at radius 3 is 2.47 bits per heavy atom. The quantitative estimate of drug-likeness (QED) is 0.736. The number of ether oxygens (including phenoxy) is 1. The van der Waals surface area contributed by atoms with E-state index in [1.165, 1.54) is 7.11 Å². The van der Waals surface area contributed by atoms with Gasteiger partial charge in [0, 0.05) is 5.56 Å². The highest BCUT2D eigenvalue weighted by molar-refractivity contribution is 5.94. The zero-order chi connectivity index (χ0) is 12.8. The second kappa shape index (κ2) is 6.00. The van der Waals surface area contributed by atoms with Gasteiger partial charge in [-0.1, -0.05) is 17.7 Å². The van der Waals surface area contributed by atoms with Crippen molar-refractivity contribution in [2.24, 2.45) is 0 Å². The molecule has 1 atom stereocenters. The van der Waals surface area contributed by atoms with E-state index in [1.807, 2.05) is 19.1 Å². The first-order valence-corrected chi connectivity index (χ1v) is 5.15. The molecule has 5 nitrogen and oxygen atoms in total. The minimum absolute atomic E-state index is 0.167. The van der Waals surface area contributed by atoms with Gasteiger partial charge in [0.15, 0.2) is 6.10 Å². The van der Waals surface area contributed by atoms with Gasteiger partial charge in [0.05, 0.1) is 13.7 Å². The predicted molar refractivity (Wildman–Crippen MR) is 61.5 cm³/mol. The maximum atomic E-state index is 11.6. The number of hydrogen-bond acceptors (Lipinski definition) is 4. The third-order valence-corrected chi connectivity index (χ3v) is 2.24. The lowest BCUT2D eigenvalue weighted by molar-refractivity contribution is -0.149. The monoisotopic (exact) mass is 237 g/mol. The Hall–Kier alpha value is -1.88. The number of aliphatic hydroxyl groups excluding tert-OH is 1. The normalized spacial score (nSPS) is 11.7. The molecule has 0 aromatic heterocycles. The molecule has 0 aliphatic rings. The average Bonchev–Trinajstić information content (AvgIpc) is 2.35. The smallest absolute Gasteiger partial charge is 0.336 e. The summed E-state index contributed by atoms with van der Waals surface area (Å²) >= 11 is 0. The van der Waals surface area contributed by atoms with Crippen molar-refractivity contribution in [3.05, 3.63) is 35.4 Å². The fourth-order valence-corrected chi connectivity index (χ4v) is 1.22. The van der Waals surface area contributed by atoms with Gasteiger partial charge in [-0.15, -0.1) is 0 Å². The number of amides is 1. The Kier molecular flexibility index (Phi) is 4.66. The van der Waals surface area contributed by atoms with E-state index in [9.17, 15) is 14.7 Å². The summed E-state index contributed by atoms with van der Waals surface area (Å²) in [6, 6.07) is 6.97. The van der Waals surface area contributed by atoms with Crippen LogP contribution in [0.5, 0.6) is 0 Å². The first-order chi connectivity index (χ1) is 8.04. The number of hydrogen-bond donors (Lipinski definition) is 2. The van der Waals surface area contributed by atoms with Crippen LogP contribution in [-0.2, 0) is 9.53 Å². The van der Waals surface area contributed by atoms with Crippen LogP contribution in [0, 0.1) is 6.92 Å². The largest absolute Gasteiger partial charge is 0.467 e. The van der Waals surface area contributed by atoms with Crippen molar-refractivity contribution < 1.29 is 19.4 Å². The van der Waals surface area contributed by atoms with Crippen molar-refractivity contribution in [1.29, 1.82) is 0 Å². The van der Waals surface area contributed by atoms with Crippen LogP contribution < -0.4 is 5.32 Å². The molecule has 0 aliphatic carbocycles. The minimum Gasteiger partial charge on any atom is -0.467 e. The zero-order valence-corrected chi connectivity index (χ0v) is 9.77. The van der Waals surface area contributed by atoms with Crippen LogP contribution in [0.25, 0.3) is 0 Å². The molecule has 0 aliphatic heterocycles. The van der Waals surface area contributed by atoms with E-state index >= 15 is 0 Å². The van der Waals surface area contributed by atoms with E-state index < -0.39 is 12.1 Å². The third-order valence-electron chi connectivity index (χ3n) is 2.24. The Balaban J connectivity index is 2.50. The molecule has 1 aromatic carbocycles. The number of aryl methyl sites for hydroxylation is 1. The Morgan fingerprint density at radius 1 is 1.35 bits per heavy atom. The predicted octanol–water partition coefficient (Wildman–Crippen LogP) is 0.259. The molecule has 5 heteroatoms. The van der Waals surface area contributed by atoms with Crippen LogP contribution in [0.3, 0.4) is 0 Å².